The second-order valence-corrected chi connectivity index (χ2v) is 6.20. The van der Waals surface area contributed by atoms with Crippen molar-refractivity contribution in [1.29, 1.82) is 0 Å². The third kappa shape index (κ3) is 3.66. The molecule has 1 nitrogen and oxygen atoms in total. The number of rotatable bonds is 5. The van der Waals surface area contributed by atoms with E-state index in [1.54, 1.807) is 0 Å². The normalized spacial score (nSPS) is 12.2. The summed E-state index contributed by atoms with van der Waals surface area (Å²) in [6, 6.07) is 15.3. The van der Waals surface area contributed by atoms with Crippen molar-refractivity contribution in [3.05, 3.63) is 59.2 Å². The minimum absolute atomic E-state index is 0.717. The van der Waals surface area contributed by atoms with Crippen molar-refractivity contribution >= 4 is 11.4 Å². The highest BCUT2D eigenvalue weighted by Gasteiger charge is 2.14. The first-order valence-electron chi connectivity index (χ1n) is 7.91. The average molecular weight is 281 g/mol. The van der Waals surface area contributed by atoms with Crippen LogP contribution in [0.3, 0.4) is 0 Å². The van der Waals surface area contributed by atoms with Gasteiger partial charge in [-0.25, -0.2) is 0 Å². The van der Waals surface area contributed by atoms with Gasteiger partial charge in [-0.2, -0.15) is 0 Å². The molecular weight excluding hydrogens is 254 g/mol. The molecule has 2 aromatic carbocycles. The van der Waals surface area contributed by atoms with Crippen molar-refractivity contribution in [3.8, 4) is 0 Å². The van der Waals surface area contributed by atoms with E-state index in [2.05, 4.69) is 82.1 Å². The highest BCUT2D eigenvalue weighted by molar-refractivity contribution is 5.69. The molecule has 0 fully saturated rings. The smallest absolute Gasteiger partial charge is 0.0470 e. The number of para-hydroxylation sites is 1. The van der Waals surface area contributed by atoms with Gasteiger partial charge in [0.1, 0.15) is 0 Å². The van der Waals surface area contributed by atoms with E-state index in [0.717, 1.165) is 6.42 Å². The zero-order valence-electron chi connectivity index (χ0n) is 14.0. The van der Waals surface area contributed by atoms with Gasteiger partial charge in [-0.1, -0.05) is 56.2 Å². The monoisotopic (exact) mass is 281 g/mol. The third-order valence-electron chi connectivity index (χ3n) is 4.27. The fourth-order valence-electron chi connectivity index (χ4n) is 2.98. The molecule has 1 atom stereocenters. The Morgan fingerprint density at radius 2 is 1.71 bits per heavy atom. The van der Waals surface area contributed by atoms with Crippen LogP contribution in [-0.4, -0.2) is 7.05 Å². The number of benzene rings is 2. The van der Waals surface area contributed by atoms with E-state index in [1.807, 2.05) is 0 Å². The maximum absolute atomic E-state index is 2.36. The van der Waals surface area contributed by atoms with E-state index in [9.17, 15) is 0 Å². The van der Waals surface area contributed by atoms with Gasteiger partial charge in [0.05, 0.1) is 0 Å². The molecule has 1 unspecified atom stereocenters. The third-order valence-corrected chi connectivity index (χ3v) is 4.27. The average Bonchev–Trinajstić information content (AvgIpc) is 2.47. The van der Waals surface area contributed by atoms with Gasteiger partial charge in [-0.15, -0.1) is 0 Å². The van der Waals surface area contributed by atoms with Crippen molar-refractivity contribution in [1.82, 2.24) is 0 Å². The maximum atomic E-state index is 2.36. The Kier molecular flexibility index (Phi) is 5.06. The Hall–Kier alpha value is -1.76. The molecular formula is C20H27N. The molecule has 0 aliphatic carbocycles. The molecule has 0 aromatic heterocycles. The Morgan fingerprint density at radius 1 is 1.05 bits per heavy atom. The number of aryl methyl sites for hydroxylation is 2. The highest BCUT2D eigenvalue weighted by atomic mass is 15.1. The minimum atomic E-state index is 0.717. The van der Waals surface area contributed by atoms with Crippen molar-refractivity contribution in [2.24, 2.45) is 5.92 Å². The quantitative estimate of drug-likeness (QED) is 0.683. The van der Waals surface area contributed by atoms with Crippen LogP contribution < -0.4 is 4.90 Å². The molecule has 0 aliphatic heterocycles. The molecule has 0 saturated carbocycles. The number of hydrogen-bond acceptors (Lipinski definition) is 1. The van der Waals surface area contributed by atoms with Crippen molar-refractivity contribution in [2.75, 3.05) is 11.9 Å². The van der Waals surface area contributed by atoms with Gasteiger partial charge in [0, 0.05) is 18.4 Å². The molecule has 2 rings (SSSR count). The fourth-order valence-corrected chi connectivity index (χ4v) is 2.98. The van der Waals surface area contributed by atoms with Gasteiger partial charge < -0.3 is 4.90 Å². The first-order chi connectivity index (χ1) is 10.0. The van der Waals surface area contributed by atoms with Crippen molar-refractivity contribution < 1.29 is 0 Å². The summed E-state index contributed by atoms with van der Waals surface area (Å²) in [6.45, 7) is 9.03. The summed E-state index contributed by atoms with van der Waals surface area (Å²) in [5, 5.41) is 0. The number of nitrogens with zero attached hydrogens (tertiary/aromatic N) is 1. The van der Waals surface area contributed by atoms with Gasteiger partial charge in [0.25, 0.3) is 0 Å². The lowest BCUT2D eigenvalue weighted by Crippen LogP contribution is -2.15. The zero-order valence-corrected chi connectivity index (χ0v) is 14.0. The van der Waals surface area contributed by atoms with Crippen molar-refractivity contribution in [3.63, 3.8) is 0 Å². The lowest BCUT2D eigenvalue weighted by atomic mass is 9.93. The van der Waals surface area contributed by atoms with Crippen LogP contribution in [0, 0.1) is 19.8 Å². The van der Waals surface area contributed by atoms with Crippen LogP contribution in [0.4, 0.5) is 11.4 Å². The molecule has 2 aromatic rings. The minimum Gasteiger partial charge on any atom is -0.344 e. The number of hydrogen-bond donors (Lipinski definition) is 0. The zero-order chi connectivity index (χ0) is 15.4. The van der Waals surface area contributed by atoms with Gasteiger partial charge in [-0.05, 0) is 49.4 Å². The Labute approximate surface area is 129 Å². The van der Waals surface area contributed by atoms with Crippen LogP contribution in [0.15, 0.2) is 42.5 Å². The lowest BCUT2D eigenvalue weighted by Gasteiger charge is -2.26. The van der Waals surface area contributed by atoms with Crippen LogP contribution in [0.25, 0.3) is 0 Å². The molecule has 0 radical (unpaired) electrons. The number of anilines is 2. The largest absolute Gasteiger partial charge is 0.344 e. The van der Waals surface area contributed by atoms with E-state index in [0.29, 0.717) is 5.92 Å². The molecule has 0 aliphatic rings. The second-order valence-electron chi connectivity index (χ2n) is 6.20. The Morgan fingerprint density at radius 3 is 2.33 bits per heavy atom. The van der Waals surface area contributed by atoms with Gasteiger partial charge in [0.2, 0.25) is 0 Å². The van der Waals surface area contributed by atoms with Crippen LogP contribution in [0.5, 0.6) is 0 Å². The molecule has 0 saturated heterocycles. The van der Waals surface area contributed by atoms with Gasteiger partial charge in [-0.3, -0.25) is 0 Å². The Bertz CT molecular complexity index is 586. The lowest BCUT2D eigenvalue weighted by molar-refractivity contribution is 0.560. The second kappa shape index (κ2) is 6.80. The summed E-state index contributed by atoms with van der Waals surface area (Å²) in [5.74, 6) is 0.717. The summed E-state index contributed by atoms with van der Waals surface area (Å²) in [5.41, 5.74) is 6.80. The van der Waals surface area contributed by atoms with E-state index < -0.39 is 0 Å². The predicted molar refractivity (Wildman–Crippen MR) is 93.6 cm³/mol. The molecule has 0 amide bonds. The summed E-state index contributed by atoms with van der Waals surface area (Å²) >= 11 is 0. The summed E-state index contributed by atoms with van der Waals surface area (Å²) in [6.07, 6.45) is 2.37. The van der Waals surface area contributed by atoms with Crippen LogP contribution in [0.2, 0.25) is 0 Å². The van der Waals surface area contributed by atoms with Crippen LogP contribution >= 0.6 is 0 Å². The van der Waals surface area contributed by atoms with Crippen LogP contribution in [0.1, 0.15) is 37.0 Å². The summed E-state index contributed by atoms with van der Waals surface area (Å²) in [7, 11) is 2.17. The molecule has 0 N–H and O–H groups in total. The first-order valence-corrected chi connectivity index (χ1v) is 7.91. The van der Waals surface area contributed by atoms with Crippen molar-refractivity contribution in [2.45, 2.75) is 40.5 Å². The van der Waals surface area contributed by atoms with Gasteiger partial charge >= 0.3 is 0 Å². The standard InChI is InChI=1S/C20H27N/c1-6-15(2)13-18-14-16(3)12-17(4)20(18)21(5)19-10-8-7-9-11-19/h7-12,14-15H,6,13H2,1-5H3. The molecule has 0 bridgehead atoms. The molecule has 0 spiro atoms. The Balaban J connectivity index is 2.46. The predicted octanol–water partition coefficient (Wildman–Crippen LogP) is 5.66. The highest BCUT2D eigenvalue weighted by Crippen LogP contribution is 2.33. The fraction of sp³-hybridized carbons (Fsp3) is 0.400. The first kappa shape index (κ1) is 15.6. The summed E-state index contributed by atoms with van der Waals surface area (Å²) < 4.78 is 0. The molecule has 112 valence electrons. The maximum Gasteiger partial charge on any atom is 0.0470 e. The summed E-state index contributed by atoms with van der Waals surface area (Å²) in [4.78, 5) is 2.33. The van der Waals surface area contributed by atoms with E-state index >= 15 is 0 Å². The van der Waals surface area contributed by atoms with E-state index in [4.69, 9.17) is 0 Å². The molecule has 1 heteroatoms. The van der Waals surface area contributed by atoms with E-state index in [-0.39, 0.29) is 0 Å². The topological polar surface area (TPSA) is 3.24 Å². The van der Waals surface area contributed by atoms with E-state index in [1.165, 1.54) is 34.5 Å². The molecule has 0 heterocycles. The SMILES string of the molecule is CCC(C)Cc1cc(C)cc(C)c1N(C)c1ccccc1. The molecule has 21 heavy (non-hydrogen) atoms. The van der Waals surface area contributed by atoms with Crippen LogP contribution in [-0.2, 0) is 6.42 Å². The van der Waals surface area contributed by atoms with Gasteiger partial charge in [0.15, 0.2) is 0 Å².